The zero-order valence-electron chi connectivity index (χ0n) is 15.3. The molecule has 0 saturated carbocycles. The van der Waals surface area contributed by atoms with E-state index in [0.717, 1.165) is 21.6 Å². The van der Waals surface area contributed by atoms with Crippen LogP contribution in [-0.4, -0.2) is 27.8 Å². The topological polar surface area (TPSA) is 106 Å². The summed E-state index contributed by atoms with van der Waals surface area (Å²) >= 11 is 0. The van der Waals surface area contributed by atoms with Crippen molar-refractivity contribution in [3.8, 4) is 5.75 Å². The molecule has 1 amide bonds. The number of ether oxygens (including phenoxy) is 1. The minimum Gasteiger partial charge on any atom is -0.496 e. The van der Waals surface area contributed by atoms with Crippen LogP contribution < -0.4 is 21.2 Å². The molecule has 2 N–H and O–H groups in total. The number of nitrogens with zero attached hydrogens (tertiary/aromatic N) is 2. The summed E-state index contributed by atoms with van der Waals surface area (Å²) in [6.45, 7) is 3.66. The van der Waals surface area contributed by atoms with E-state index in [1.807, 2.05) is 13.8 Å². The lowest BCUT2D eigenvalue weighted by Gasteiger charge is -2.13. The molecule has 0 aliphatic carbocycles. The zero-order valence-corrected chi connectivity index (χ0v) is 15.3. The molecule has 0 bridgehead atoms. The van der Waals surface area contributed by atoms with Crippen molar-refractivity contribution >= 4 is 16.7 Å². The molecule has 0 atom stereocenters. The monoisotopic (exact) mass is 368 g/mol. The first-order chi connectivity index (χ1) is 12.9. The molecule has 8 nitrogen and oxygen atoms in total. The first kappa shape index (κ1) is 18.4. The molecule has 1 aromatic carbocycles. The molecule has 27 heavy (non-hydrogen) atoms. The van der Waals surface area contributed by atoms with Crippen molar-refractivity contribution in [2.75, 3.05) is 7.11 Å². The molecule has 0 aliphatic heterocycles. The number of fused-ring (bicyclic) bond motifs is 1. The first-order valence-corrected chi connectivity index (χ1v) is 8.40. The number of benzene rings is 1. The van der Waals surface area contributed by atoms with Crippen LogP contribution in [0.5, 0.6) is 5.75 Å². The number of carbonyl (C=O) groups is 1. The van der Waals surface area contributed by atoms with Gasteiger partial charge in [-0.3, -0.25) is 24.5 Å². The second-order valence-corrected chi connectivity index (χ2v) is 6.20. The summed E-state index contributed by atoms with van der Waals surface area (Å²) in [5, 5.41) is 5.72. The number of aryl methyl sites for hydroxylation is 1. The van der Waals surface area contributed by atoms with E-state index in [1.165, 1.54) is 0 Å². The minimum atomic E-state index is -0.424. The van der Waals surface area contributed by atoms with Crippen molar-refractivity contribution in [1.82, 2.24) is 20.1 Å². The van der Waals surface area contributed by atoms with E-state index in [0.29, 0.717) is 11.1 Å². The van der Waals surface area contributed by atoms with E-state index in [9.17, 15) is 14.4 Å². The Morgan fingerprint density at radius 3 is 2.63 bits per heavy atom. The highest BCUT2D eigenvalue weighted by atomic mass is 16.5. The van der Waals surface area contributed by atoms with Gasteiger partial charge in [0.2, 0.25) is 5.91 Å². The van der Waals surface area contributed by atoms with Gasteiger partial charge in [-0.15, -0.1) is 0 Å². The average molecular weight is 368 g/mol. The third kappa shape index (κ3) is 3.59. The van der Waals surface area contributed by atoms with Gasteiger partial charge in [-0.25, -0.2) is 4.68 Å². The number of aromatic nitrogens is 3. The summed E-state index contributed by atoms with van der Waals surface area (Å²) in [5.41, 5.74) is 1.58. The van der Waals surface area contributed by atoms with Gasteiger partial charge in [0.25, 0.3) is 11.1 Å². The minimum absolute atomic E-state index is 0.188. The average Bonchev–Trinajstić information content (AvgIpc) is 2.66. The Balaban J connectivity index is 1.78. The summed E-state index contributed by atoms with van der Waals surface area (Å²) < 4.78 is 6.36. The third-order valence-corrected chi connectivity index (χ3v) is 4.39. The summed E-state index contributed by atoms with van der Waals surface area (Å²) in [4.78, 5) is 41.1. The van der Waals surface area contributed by atoms with Gasteiger partial charge in [-0.1, -0.05) is 12.1 Å². The predicted octanol–water partition coefficient (Wildman–Crippen LogP) is 1.03. The van der Waals surface area contributed by atoms with Crippen LogP contribution in [0.4, 0.5) is 0 Å². The molecule has 3 aromatic rings. The molecule has 0 unspecified atom stereocenters. The molecule has 8 heteroatoms. The number of methoxy groups -OCH3 is 1. The molecule has 0 radical (unpaired) electrons. The second kappa shape index (κ2) is 7.45. The summed E-state index contributed by atoms with van der Waals surface area (Å²) in [6, 6.07) is 6.48. The fourth-order valence-corrected chi connectivity index (χ4v) is 2.99. The fourth-order valence-electron chi connectivity index (χ4n) is 2.99. The van der Waals surface area contributed by atoms with Crippen LogP contribution >= 0.6 is 0 Å². The normalized spacial score (nSPS) is 10.8. The smallest absolute Gasteiger partial charge is 0.273 e. The maximum absolute atomic E-state index is 12.4. The molecule has 3 rings (SSSR count). The van der Waals surface area contributed by atoms with Gasteiger partial charge in [0.1, 0.15) is 12.3 Å². The van der Waals surface area contributed by atoms with Gasteiger partial charge in [-0.05, 0) is 26.0 Å². The number of carbonyl (C=O) groups excluding carboxylic acids is 1. The first-order valence-electron chi connectivity index (χ1n) is 8.40. The summed E-state index contributed by atoms with van der Waals surface area (Å²) in [6.07, 6.45) is 1.68. The number of H-pyrrole nitrogens is 1. The molecule has 2 heterocycles. The van der Waals surface area contributed by atoms with Crippen LogP contribution in [0.3, 0.4) is 0 Å². The molecule has 0 spiro atoms. The number of nitrogens with one attached hydrogen (secondary N) is 2. The van der Waals surface area contributed by atoms with Gasteiger partial charge in [0.05, 0.1) is 30.1 Å². The largest absolute Gasteiger partial charge is 0.496 e. The van der Waals surface area contributed by atoms with Crippen LogP contribution in [-0.2, 0) is 17.9 Å². The van der Waals surface area contributed by atoms with Crippen LogP contribution in [0.25, 0.3) is 10.8 Å². The summed E-state index contributed by atoms with van der Waals surface area (Å²) in [5.74, 6) is 0.313. The molecule has 0 saturated heterocycles. The Morgan fingerprint density at radius 2 is 1.93 bits per heavy atom. The lowest BCUT2D eigenvalue weighted by Crippen LogP contribution is -2.36. The van der Waals surface area contributed by atoms with Crippen molar-refractivity contribution in [2.45, 2.75) is 26.9 Å². The highest BCUT2D eigenvalue weighted by molar-refractivity contribution is 5.81. The van der Waals surface area contributed by atoms with Crippen molar-refractivity contribution in [3.63, 3.8) is 0 Å². The maximum atomic E-state index is 12.4. The van der Waals surface area contributed by atoms with Crippen molar-refractivity contribution in [2.24, 2.45) is 0 Å². The second-order valence-electron chi connectivity index (χ2n) is 6.20. The Bertz CT molecular complexity index is 1130. The van der Waals surface area contributed by atoms with Crippen LogP contribution in [0.15, 0.2) is 40.1 Å². The van der Waals surface area contributed by atoms with Crippen LogP contribution in [0.2, 0.25) is 0 Å². The van der Waals surface area contributed by atoms with Crippen molar-refractivity contribution in [3.05, 3.63) is 68.0 Å². The lowest BCUT2D eigenvalue weighted by atomic mass is 10.1. The molecular formula is C19H20N4O4. The van der Waals surface area contributed by atoms with Crippen molar-refractivity contribution in [1.29, 1.82) is 0 Å². The zero-order chi connectivity index (χ0) is 19.6. The van der Waals surface area contributed by atoms with E-state index >= 15 is 0 Å². The third-order valence-electron chi connectivity index (χ3n) is 4.39. The Labute approximate surface area is 154 Å². The van der Waals surface area contributed by atoms with Crippen LogP contribution in [0.1, 0.15) is 16.8 Å². The number of rotatable bonds is 5. The fraction of sp³-hybridized carbons (Fsp3) is 0.263. The van der Waals surface area contributed by atoms with E-state index in [4.69, 9.17) is 4.74 Å². The number of amides is 1. The van der Waals surface area contributed by atoms with Crippen LogP contribution in [0, 0.1) is 13.8 Å². The van der Waals surface area contributed by atoms with Gasteiger partial charge < -0.3 is 10.1 Å². The number of hydrogen-bond acceptors (Lipinski definition) is 5. The standard InChI is InChI=1S/C19H20N4O4/c1-11-8-20-15(12(2)17(11)27-3)9-21-16(24)10-23-19(26)14-7-5-4-6-13(14)18(25)22-23/h4-8H,9-10H2,1-3H3,(H,21,24)(H,22,25). The molecule has 0 fully saturated rings. The van der Waals surface area contributed by atoms with E-state index < -0.39 is 17.0 Å². The SMILES string of the molecule is COc1c(C)cnc(CNC(=O)Cn2[nH]c(=O)c3ccccc3c2=O)c1C. The molecule has 0 aliphatic rings. The van der Waals surface area contributed by atoms with Gasteiger partial charge in [-0.2, -0.15) is 0 Å². The quantitative estimate of drug-likeness (QED) is 0.700. The molecule has 2 aromatic heterocycles. The highest BCUT2D eigenvalue weighted by Crippen LogP contribution is 2.23. The maximum Gasteiger partial charge on any atom is 0.273 e. The summed E-state index contributed by atoms with van der Waals surface area (Å²) in [7, 11) is 1.58. The van der Waals surface area contributed by atoms with Gasteiger partial charge in [0.15, 0.2) is 0 Å². The van der Waals surface area contributed by atoms with E-state index in [2.05, 4.69) is 15.4 Å². The number of aromatic amines is 1. The van der Waals surface area contributed by atoms with E-state index in [-0.39, 0.29) is 18.5 Å². The highest BCUT2D eigenvalue weighted by Gasteiger charge is 2.13. The van der Waals surface area contributed by atoms with Gasteiger partial charge in [0, 0.05) is 17.3 Å². The Kier molecular flexibility index (Phi) is 5.07. The molecular weight excluding hydrogens is 348 g/mol. The Hall–Kier alpha value is -3.42. The number of hydrogen-bond donors (Lipinski definition) is 2. The van der Waals surface area contributed by atoms with Gasteiger partial charge >= 0.3 is 0 Å². The number of pyridine rings is 1. The molecule has 140 valence electrons. The lowest BCUT2D eigenvalue weighted by molar-refractivity contribution is -0.122. The van der Waals surface area contributed by atoms with Crippen molar-refractivity contribution < 1.29 is 9.53 Å². The van der Waals surface area contributed by atoms with E-state index in [1.54, 1.807) is 37.6 Å². The Morgan fingerprint density at radius 1 is 1.22 bits per heavy atom. The predicted molar refractivity (Wildman–Crippen MR) is 101 cm³/mol.